The van der Waals surface area contributed by atoms with Crippen molar-refractivity contribution in [3.8, 4) is 5.75 Å². The third-order valence-electron chi connectivity index (χ3n) is 7.97. The fourth-order valence-corrected chi connectivity index (χ4v) is 5.94. The molecule has 0 bridgehead atoms. The lowest BCUT2D eigenvalue weighted by Gasteiger charge is -2.38. The zero-order chi connectivity index (χ0) is 22.8. The van der Waals surface area contributed by atoms with Gasteiger partial charge in [0, 0.05) is 0 Å². The van der Waals surface area contributed by atoms with Crippen LogP contribution in [0, 0.1) is 29.4 Å². The lowest BCUT2D eigenvalue weighted by atomic mass is 9.68. The average Bonchev–Trinajstić information content (AvgIpc) is 2.82. The van der Waals surface area contributed by atoms with Gasteiger partial charge in [0.05, 0.1) is 6.61 Å². The van der Waals surface area contributed by atoms with Gasteiger partial charge in [0.15, 0.2) is 11.6 Å². The monoisotopic (exact) mass is 446 g/mol. The lowest BCUT2D eigenvalue weighted by Crippen LogP contribution is -2.25. The molecule has 2 aliphatic rings. The Morgan fingerprint density at radius 3 is 2.16 bits per heavy atom. The summed E-state index contributed by atoms with van der Waals surface area (Å²) in [6, 6.07) is 3.42. The van der Waals surface area contributed by atoms with E-state index in [4.69, 9.17) is 4.74 Å². The molecule has 2 saturated carbocycles. The van der Waals surface area contributed by atoms with Crippen LogP contribution in [0.2, 0.25) is 0 Å². The van der Waals surface area contributed by atoms with E-state index in [0.29, 0.717) is 12.2 Å². The minimum Gasteiger partial charge on any atom is -0.490 e. The van der Waals surface area contributed by atoms with Gasteiger partial charge in [-0.05, 0) is 106 Å². The van der Waals surface area contributed by atoms with Crippen LogP contribution in [0.25, 0.3) is 0 Å². The van der Waals surface area contributed by atoms with Crippen LogP contribution in [-0.2, 0) is 0 Å². The van der Waals surface area contributed by atoms with E-state index in [-0.39, 0.29) is 11.7 Å². The normalized spacial score (nSPS) is 26.5. The zero-order valence-electron chi connectivity index (χ0n) is 20.4. The highest BCUT2D eigenvalue weighted by atomic mass is 19.2. The summed E-state index contributed by atoms with van der Waals surface area (Å²) in [5, 5.41) is 0. The van der Waals surface area contributed by atoms with Gasteiger partial charge < -0.3 is 4.74 Å². The molecule has 1 aromatic carbocycles. The molecule has 0 aromatic heterocycles. The van der Waals surface area contributed by atoms with Gasteiger partial charge in [-0.15, -0.1) is 0 Å². The van der Waals surface area contributed by atoms with Crippen LogP contribution < -0.4 is 4.74 Å². The SMILES string of the molecule is CC/C=C\CC1CCC(C2CCC(c3ccc(OCCCCCC)c(F)c3F)CC2)CC1. The number of unbranched alkanes of at least 4 members (excludes halogenated alkanes) is 3. The predicted octanol–water partition coefficient (Wildman–Crippen LogP) is 9.36. The van der Waals surface area contributed by atoms with Crippen molar-refractivity contribution in [1.29, 1.82) is 0 Å². The van der Waals surface area contributed by atoms with E-state index in [0.717, 1.165) is 75.5 Å². The Hall–Kier alpha value is -1.38. The summed E-state index contributed by atoms with van der Waals surface area (Å²) in [4.78, 5) is 0. The Bertz CT molecular complexity index is 697. The Balaban J connectivity index is 1.46. The molecule has 0 saturated heterocycles. The molecule has 0 spiro atoms. The molecule has 180 valence electrons. The van der Waals surface area contributed by atoms with Crippen LogP contribution in [0.1, 0.15) is 115 Å². The largest absolute Gasteiger partial charge is 0.490 e. The van der Waals surface area contributed by atoms with E-state index in [2.05, 4.69) is 26.0 Å². The maximum atomic E-state index is 14.8. The summed E-state index contributed by atoms with van der Waals surface area (Å²) < 4.78 is 35.0. The quantitative estimate of drug-likeness (QED) is 0.243. The van der Waals surface area contributed by atoms with Gasteiger partial charge >= 0.3 is 0 Å². The van der Waals surface area contributed by atoms with Gasteiger partial charge in [-0.25, -0.2) is 4.39 Å². The van der Waals surface area contributed by atoms with Gasteiger partial charge in [-0.3, -0.25) is 0 Å². The number of benzene rings is 1. The van der Waals surface area contributed by atoms with Gasteiger partial charge in [-0.1, -0.05) is 51.3 Å². The van der Waals surface area contributed by atoms with Gasteiger partial charge in [-0.2, -0.15) is 4.39 Å². The second-order valence-corrected chi connectivity index (χ2v) is 10.2. The van der Waals surface area contributed by atoms with Crippen molar-refractivity contribution >= 4 is 0 Å². The van der Waals surface area contributed by atoms with Crippen LogP contribution in [0.3, 0.4) is 0 Å². The number of allylic oxidation sites excluding steroid dienone is 2. The summed E-state index contributed by atoms with van der Waals surface area (Å²) in [7, 11) is 0. The van der Waals surface area contributed by atoms with Gasteiger partial charge in [0.25, 0.3) is 0 Å². The molecule has 0 amide bonds. The Morgan fingerprint density at radius 1 is 0.812 bits per heavy atom. The van der Waals surface area contributed by atoms with Crippen LogP contribution in [0.5, 0.6) is 5.75 Å². The first-order chi connectivity index (χ1) is 15.6. The standard InChI is InChI=1S/C29H44F2O/c1-3-5-7-9-21-32-27-20-19-26(28(30)29(27)31)25-17-15-24(16-18-25)23-13-11-22(12-14-23)10-8-6-4-2/h6,8,19-20,22-25H,3-5,7,9-18,21H2,1-2H3/b8-6-. The first kappa shape index (κ1) is 25.2. The van der Waals surface area contributed by atoms with Crippen molar-refractivity contribution in [3.63, 3.8) is 0 Å². The highest BCUT2D eigenvalue weighted by molar-refractivity contribution is 5.33. The molecule has 3 rings (SSSR count). The molecule has 0 unspecified atom stereocenters. The van der Waals surface area contributed by atoms with Crippen molar-refractivity contribution in [2.24, 2.45) is 17.8 Å². The summed E-state index contributed by atoms with van der Waals surface area (Å²) in [5.74, 6) is 1.23. The van der Waals surface area contributed by atoms with Crippen molar-refractivity contribution in [2.75, 3.05) is 6.61 Å². The molecular weight excluding hydrogens is 402 g/mol. The third-order valence-corrected chi connectivity index (χ3v) is 7.97. The van der Waals surface area contributed by atoms with E-state index in [1.54, 1.807) is 12.1 Å². The fraction of sp³-hybridized carbons (Fsp3) is 0.724. The molecule has 1 aromatic rings. The summed E-state index contributed by atoms with van der Waals surface area (Å²) >= 11 is 0. The molecule has 0 N–H and O–H groups in total. The Kier molecular flexibility index (Phi) is 10.5. The third kappa shape index (κ3) is 7.06. The first-order valence-corrected chi connectivity index (χ1v) is 13.4. The highest BCUT2D eigenvalue weighted by Crippen LogP contribution is 2.45. The predicted molar refractivity (Wildman–Crippen MR) is 130 cm³/mol. The van der Waals surface area contributed by atoms with E-state index < -0.39 is 11.6 Å². The second-order valence-electron chi connectivity index (χ2n) is 10.2. The van der Waals surface area contributed by atoms with Crippen molar-refractivity contribution in [3.05, 3.63) is 41.5 Å². The highest BCUT2D eigenvalue weighted by Gasteiger charge is 2.32. The lowest BCUT2D eigenvalue weighted by molar-refractivity contribution is 0.160. The second kappa shape index (κ2) is 13.4. The van der Waals surface area contributed by atoms with Crippen molar-refractivity contribution in [2.45, 2.75) is 110 Å². The van der Waals surface area contributed by atoms with E-state index in [1.165, 1.54) is 32.1 Å². The summed E-state index contributed by atoms with van der Waals surface area (Å²) in [6.07, 6.45) is 21.0. The Labute approximate surface area is 195 Å². The molecule has 0 aliphatic heterocycles. The Morgan fingerprint density at radius 2 is 1.50 bits per heavy atom. The summed E-state index contributed by atoms with van der Waals surface area (Å²) in [6.45, 7) is 4.81. The average molecular weight is 447 g/mol. The molecule has 32 heavy (non-hydrogen) atoms. The van der Waals surface area contributed by atoms with Crippen molar-refractivity contribution in [1.82, 2.24) is 0 Å². The molecular formula is C29H44F2O. The van der Waals surface area contributed by atoms with Crippen LogP contribution >= 0.6 is 0 Å². The van der Waals surface area contributed by atoms with Gasteiger partial charge in [0.1, 0.15) is 0 Å². The molecule has 0 heterocycles. The van der Waals surface area contributed by atoms with E-state index in [1.807, 2.05) is 0 Å². The van der Waals surface area contributed by atoms with Crippen LogP contribution in [0.4, 0.5) is 8.78 Å². The number of hydrogen-bond acceptors (Lipinski definition) is 1. The number of hydrogen-bond donors (Lipinski definition) is 0. The van der Waals surface area contributed by atoms with Crippen LogP contribution in [-0.4, -0.2) is 6.61 Å². The van der Waals surface area contributed by atoms with E-state index >= 15 is 0 Å². The maximum absolute atomic E-state index is 14.8. The van der Waals surface area contributed by atoms with Gasteiger partial charge in [0.2, 0.25) is 5.82 Å². The smallest absolute Gasteiger partial charge is 0.200 e. The fourth-order valence-electron chi connectivity index (χ4n) is 5.94. The maximum Gasteiger partial charge on any atom is 0.200 e. The summed E-state index contributed by atoms with van der Waals surface area (Å²) in [5.41, 5.74) is 0.561. The number of ether oxygens (including phenoxy) is 1. The molecule has 2 fully saturated rings. The molecule has 0 atom stereocenters. The minimum absolute atomic E-state index is 0.0713. The minimum atomic E-state index is -0.796. The number of rotatable bonds is 11. The molecule has 1 nitrogen and oxygen atoms in total. The number of halogens is 2. The molecule has 0 radical (unpaired) electrons. The first-order valence-electron chi connectivity index (χ1n) is 13.4. The topological polar surface area (TPSA) is 9.23 Å². The zero-order valence-corrected chi connectivity index (χ0v) is 20.4. The molecule has 3 heteroatoms. The van der Waals surface area contributed by atoms with Crippen molar-refractivity contribution < 1.29 is 13.5 Å². The van der Waals surface area contributed by atoms with Crippen LogP contribution in [0.15, 0.2) is 24.3 Å². The molecule has 2 aliphatic carbocycles. The van der Waals surface area contributed by atoms with E-state index in [9.17, 15) is 8.78 Å².